The molecule has 0 saturated carbocycles. The van der Waals surface area contributed by atoms with Crippen LogP contribution in [0.1, 0.15) is 338 Å². The molecule has 0 amide bonds. The summed E-state index contributed by atoms with van der Waals surface area (Å²) in [5, 5.41) is 32.1. The zero-order chi connectivity index (χ0) is 46.0. The summed E-state index contributed by atoms with van der Waals surface area (Å²) >= 11 is 0. The highest BCUT2D eigenvalue weighted by Crippen LogP contribution is 2.34. The van der Waals surface area contributed by atoms with Crippen molar-refractivity contribution >= 4 is 17.9 Å². The molecule has 0 atom stereocenters. The molecule has 366 valence electrons. The van der Waals surface area contributed by atoms with Gasteiger partial charge in [-0.2, -0.15) is 0 Å². The molecule has 1 rings (SSSR count). The van der Waals surface area contributed by atoms with Crippen molar-refractivity contribution in [2.24, 2.45) is 0 Å². The van der Waals surface area contributed by atoms with Gasteiger partial charge in [-0.05, 0) is 55.2 Å². The van der Waals surface area contributed by atoms with Crippen molar-refractivity contribution < 1.29 is 29.7 Å². The Kier molecular flexibility index (Phi) is 39.4. The van der Waals surface area contributed by atoms with Gasteiger partial charge in [-0.15, -0.1) is 0 Å². The van der Waals surface area contributed by atoms with Gasteiger partial charge in [0.25, 0.3) is 0 Å². The Bertz CT molecular complexity index is 1100. The van der Waals surface area contributed by atoms with Crippen molar-refractivity contribution in [3.05, 3.63) is 33.4 Å². The van der Waals surface area contributed by atoms with Crippen molar-refractivity contribution in [1.29, 1.82) is 0 Å². The molecule has 0 unspecified atom stereocenters. The van der Waals surface area contributed by atoms with E-state index in [0.717, 1.165) is 57.8 Å². The van der Waals surface area contributed by atoms with Gasteiger partial charge in [-0.1, -0.05) is 271 Å². The SMILES string of the molecule is CCCCCCCCCCCCCCCCc1c(C(=O)O)c(CCCCCCCCCCCCCCCC)c(C(=O)O)c(CCCCCCCCCCCCCCCC)c1C(=O)O. The molecule has 0 aromatic heterocycles. The molecule has 0 aliphatic carbocycles. The molecule has 0 heterocycles. The Morgan fingerprint density at radius 3 is 0.492 bits per heavy atom. The zero-order valence-corrected chi connectivity index (χ0v) is 41.9. The number of aromatic carboxylic acids is 3. The first kappa shape index (κ1) is 58.6. The number of carboxylic acid groups (broad SMARTS) is 3. The highest BCUT2D eigenvalue weighted by molar-refractivity contribution is 6.05. The first-order chi connectivity index (χ1) is 30.8. The maximum atomic E-state index is 13.1. The molecule has 0 fully saturated rings. The van der Waals surface area contributed by atoms with Crippen LogP contribution in [0.25, 0.3) is 0 Å². The van der Waals surface area contributed by atoms with E-state index in [4.69, 9.17) is 0 Å². The monoisotopic (exact) mass is 883 g/mol. The van der Waals surface area contributed by atoms with Crippen molar-refractivity contribution in [2.45, 2.75) is 310 Å². The Morgan fingerprint density at radius 1 is 0.238 bits per heavy atom. The lowest BCUT2D eigenvalue weighted by Crippen LogP contribution is -2.22. The van der Waals surface area contributed by atoms with Gasteiger partial charge in [0, 0.05) is 0 Å². The van der Waals surface area contributed by atoms with Gasteiger partial charge >= 0.3 is 17.9 Å². The van der Waals surface area contributed by atoms with Crippen molar-refractivity contribution in [2.75, 3.05) is 0 Å². The number of carboxylic acids is 3. The summed E-state index contributed by atoms with van der Waals surface area (Å²) in [4.78, 5) is 39.3. The lowest BCUT2D eigenvalue weighted by molar-refractivity contribution is 0.0693. The molecular formula is C57H102O6. The van der Waals surface area contributed by atoms with Crippen LogP contribution in [0, 0.1) is 0 Å². The minimum Gasteiger partial charge on any atom is -0.478 e. The molecule has 0 radical (unpaired) electrons. The Hall–Kier alpha value is -2.37. The Morgan fingerprint density at radius 2 is 0.365 bits per heavy atom. The molecule has 1 aromatic rings. The minimum atomic E-state index is -1.19. The first-order valence-corrected chi connectivity index (χ1v) is 27.7. The average molecular weight is 883 g/mol. The van der Waals surface area contributed by atoms with E-state index in [2.05, 4.69) is 20.8 Å². The van der Waals surface area contributed by atoms with Crippen LogP contribution in [-0.2, 0) is 19.3 Å². The minimum absolute atomic E-state index is 0.0427. The summed E-state index contributed by atoms with van der Waals surface area (Å²) in [6.07, 6.45) is 51.9. The molecule has 6 heteroatoms. The van der Waals surface area contributed by atoms with Crippen LogP contribution in [0.5, 0.6) is 0 Å². The predicted molar refractivity (Wildman–Crippen MR) is 269 cm³/mol. The van der Waals surface area contributed by atoms with E-state index >= 15 is 0 Å². The van der Waals surface area contributed by atoms with E-state index < -0.39 is 17.9 Å². The smallest absolute Gasteiger partial charge is 0.336 e. The summed E-state index contributed by atoms with van der Waals surface area (Å²) in [5.74, 6) is -3.57. The highest BCUT2D eigenvalue weighted by atomic mass is 16.4. The molecule has 3 N–H and O–H groups in total. The number of benzene rings is 1. The second kappa shape index (κ2) is 42.3. The van der Waals surface area contributed by atoms with Gasteiger partial charge in [0.2, 0.25) is 0 Å². The molecule has 0 spiro atoms. The van der Waals surface area contributed by atoms with Crippen molar-refractivity contribution in [1.82, 2.24) is 0 Å². The number of hydrogen-bond acceptors (Lipinski definition) is 3. The van der Waals surface area contributed by atoms with Gasteiger partial charge in [0.05, 0.1) is 16.7 Å². The lowest BCUT2D eigenvalue weighted by atomic mass is 9.81. The fourth-order valence-corrected chi connectivity index (χ4v) is 9.93. The molecule has 6 nitrogen and oxygen atoms in total. The maximum absolute atomic E-state index is 13.1. The standard InChI is InChI=1S/C57H102O6/c1-4-7-10-13-16-19-22-25-28-31-34-37-40-43-46-49-52(55(58)59)50(47-44-41-38-35-32-29-26-23-20-17-14-11-8-5-2)54(57(62)63)51(53(49)56(60)61)48-45-42-39-36-33-30-27-24-21-18-15-12-9-6-3/h4-48H2,1-3H3,(H,58,59)(H,60,61)(H,62,63). The van der Waals surface area contributed by atoms with Gasteiger partial charge in [-0.25, -0.2) is 14.4 Å². The number of hydrogen-bond donors (Lipinski definition) is 3. The third kappa shape index (κ3) is 29.7. The number of unbranched alkanes of at least 4 members (excludes halogenated alkanes) is 39. The van der Waals surface area contributed by atoms with Gasteiger partial charge in [-0.3, -0.25) is 0 Å². The number of carbonyl (C=O) groups is 3. The van der Waals surface area contributed by atoms with Crippen LogP contribution in [0.15, 0.2) is 0 Å². The van der Waals surface area contributed by atoms with Gasteiger partial charge in [0.1, 0.15) is 0 Å². The van der Waals surface area contributed by atoms with Crippen LogP contribution >= 0.6 is 0 Å². The summed E-state index contributed by atoms with van der Waals surface area (Å²) in [6, 6.07) is 0. The molecule has 63 heavy (non-hydrogen) atoms. The molecular weight excluding hydrogens is 781 g/mol. The van der Waals surface area contributed by atoms with Gasteiger partial charge < -0.3 is 15.3 Å². The van der Waals surface area contributed by atoms with Crippen LogP contribution in [-0.4, -0.2) is 33.2 Å². The quantitative estimate of drug-likeness (QED) is 0.0562. The fourth-order valence-electron chi connectivity index (χ4n) is 9.93. The predicted octanol–water partition coefficient (Wildman–Crippen LogP) is 18.9. The topological polar surface area (TPSA) is 112 Å². The highest BCUT2D eigenvalue weighted by Gasteiger charge is 2.32. The summed E-state index contributed by atoms with van der Waals surface area (Å²) in [7, 11) is 0. The Labute approximate surface area is 389 Å². The fraction of sp³-hybridized carbons (Fsp3) is 0.842. The average Bonchev–Trinajstić information content (AvgIpc) is 3.26. The van der Waals surface area contributed by atoms with Crippen molar-refractivity contribution in [3.8, 4) is 0 Å². The third-order valence-corrected chi connectivity index (χ3v) is 13.8. The second-order valence-corrected chi connectivity index (χ2v) is 19.5. The largest absolute Gasteiger partial charge is 0.478 e. The summed E-state index contributed by atoms with van der Waals surface area (Å²) in [5.41, 5.74) is 0.954. The molecule has 0 bridgehead atoms. The normalized spacial score (nSPS) is 11.5. The van der Waals surface area contributed by atoms with E-state index in [1.54, 1.807) is 0 Å². The van der Waals surface area contributed by atoms with Gasteiger partial charge in [0.15, 0.2) is 0 Å². The van der Waals surface area contributed by atoms with E-state index in [1.165, 1.54) is 193 Å². The van der Waals surface area contributed by atoms with Crippen LogP contribution in [0.4, 0.5) is 0 Å². The second-order valence-electron chi connectivity index (χ2n) is 19.5. The van der Waals surface area contributed by atoms with Crippen LogP contribution < -0.4 is 0 Å². The zero-order valence-electron chi connectivity index (χ0n) is 41.9. The summed E-state index contributed by atoms with van der Waals surface area (Å²) < 4.78 is 0. The summed E-state index contributed by atoms with van der Waals surface area (Å²) in [6.45, 7) is 6.78. The van der Waals surface area contributed by atoms with Crippen LogP contribution in [0.2, 0.25) is 0 Å². The van der Waals surface area contributed by atoms with E-state index in [0.29, 0.717) is 55.2 Å². The molecule has 1 aromatic carbocycles. The number of rotatable bonds is 48. The maximum Gasteiger partial charge on any atom is 0.336 e. The lowest BCUT2D eigenvalue weighted by Gasteiger charge is -2.22. The van der Waals surface area contributed by atoms with E-state index in [9.17, 15) is 29.7 Å². The van der Waals surface area contributed by atoms with Crippen molar-refractivity contribution in [3.63, 3.8) is 0 Å². The van der Waals surface area contributed by atoms with Crippen LogP contribution in [0.3, 0.4) is 0 Å². The molecule has 0 saturated heterocycles. The molecule has 0 aliphatic rings. The third-order valence-electron chi connectivity index (χ3n) is 13.8. The van der Waals surface area contributed by atoms with E-state index in [1.807, 2.05) is 0 Å². The first-order valence-electron chi connectivity index (χ1n) is 27.7. The Balaban J connectivity index is 2.92. The van der Waals surface area contributed by atoms with E-state index in [-0.39, 0.29) is 16.7 Å². The molecule has 0 aliphatic heterocycles.